The number of amides is 2. The van der Waals surface area contributed by atoms with Crippen LogP contribution in [-0.2, 0) is 11.3 Å². The number of hydrogen-bond acceptors (Lipinski definition) is 5. The molecule has 0 radical (unpaired) electrons. The van der Waals surface area contributed by atoms with Gasteiger partial charge in [-0.2, -0.15) is 0 Å². The number of thioether (sulfide) groups is 1. The molecule has 0 unspecified atom stereocenters. The summed E-state index contributed by atoms with van der Waals surface area (Å²) in [5, 5.41) is 15.7. The Kier molecular flexibility index (Phi) is 9.12. The van der Waals surface area contributed by atoms with Crippen LogP contribution in [0.2, 0.25) is 5.02 Å². The van der Waals surface area contributed by atoms with Crippen LogP contribution in [0.3, 0.4) is 0 Å². The molecule has 1 aromatic heterocycles. The van der Waals surface area contributed by atoms with Crippen molar-refractivity contribution in [3.8, 4) is 0 Å². The zero-order valence-electron chi connectivity index (χ0n) is 19.8. The predicted octanol–water partition coefficient (Wildman–Crippen LogP) is 5.51. The average molecular weight is 500 g/mol. The van der Waals surface area contributed by atoms with E-state index in [1.165, 1.54) is 11.8 Å². The maximum absolute atomic E-state index is 12.9. The summed E-state index contributed by atoms with van der Waals surface area (Å²) in [6.45, 7) is 8.76. The molecule has 9 heteroatoms. The van der Waals surface area contributed by atoms with Gasteiger partial charge in [0.25, 0.3) is 5.91 Å². The third kappa shape index (κ3) is 6.84. The SMILES string of the molecule is CCn1c(SCC(=O)Nc2cccc(C)c2)nnc1[C@@H](CC(C)C)NC(=O)c1ccccc1Cl. The first kappa shape index (κ1) is 25.8. The molecule has 3 aromatic rings. The van der Waals surface area contributed by atoms with Crippen LogP contribution >= 0.6 is 23.4 Å². The lowest BCUT2D eigenvalue weighted by atomic mass is 10.0. The van der Waals surface area contributed by atoms with Crippen LogP contribution < -0.4 is 10.6 Å². The summed E-state index contributed by atoms with van der Waals surface area (Å²) in [5.74, 6) is 0.808. The number of hydrogen-bond donors (Lipinski definition) is 2. The Hall–Kier alpha value is -2.84. The van der Waals surface area contributed by atoms with E-state index in [0.717, 1.165) is 11.3 Å². The van der Waals surface area contributed by atoms with Gasteiger partial charge in [-0.05, 0) is 56.0 Å². The van der Waals surface area contributed by atoms with Crippen LogP contribution in [0.5, 0.6) is 0 Å². The molecule has 3 rings (SSSR count). The summed E-state index contributed by atoms with van der Waals surface area (Å²) < 4.78 is 1.95. The number of carbonyl (C=O) groups excluding carboxylic acids is 2. The number of aromatic nitrogens is 3. The van der Waals surface area contributed by atoms with Crippen LogP contribution in [-0.4, -0.2) is 32.3 Å². The van der Waals surface area contributed by atoms with Crippen molar-refractivity contribution in [1.29, 1.82) is 0 Å². The van der Waals surface area contributed by atoms with Crippen LogP contribution in [0.1, 0.15) is 55.0 Å². The highest BCUT2D eigenvalue weighted by atomic mass is 35.5. The van der Waals surface area contributed by atoms with Crippen molar-refractivity contribution in [2.75, 3.05) is 11.1 Å². The van der Waals surface area contributed by atoms with Crippen molar-refractivity contribution in [3.05, 3.63) is 70.5 Å². The van der Waals surface area contributed by atoms with E-state index in [4.69, 9.17) is 11.6 Å². The fourth-order valence-electron chi connectivity index (χ4n) is 3.59. The van der Waals surface area contributed by atoms with Crippen molar-refractivity contribution in [2.24, 2.45) is 5.92 Å². The topological polar surface area (TPSA) is 88.9 Å². The summed E-state index contributed by atoms with van der Waals surface area (Å²) in [6, 6.07) is 14.3. The number of anilines is 1. The molecule has 2 amide bonds. The predicted molar refractivity (Wildman–Crippen MR) is 137 cm³/mol. The maximum atomic E-state index is 12.9. The molecule has 0 fully saturated rings. The summed E-state index contributed by atoms with van der Waals surface area (Å²) in [6.07, 6.45) is 0.687. The van der Waals surface area contributed by atoms with Gasteiger partial charge in [0.15, 0.2) is 11.0 Å². The lowest BCUT2D eigenvalue weighted by Crippen LogP contribution is -2.31. The second-order valence-electron chi connectivity index (χ2n) is 8.43. The Morgan fingerprint density at radius 2 is 1.88 bits per heavy atom. The fourth-order valence-corrected chi connectivity index (χ4v) is 4.62. The molecule has 2 N–H and O–H groups in total. The van der Waals surface area contributed by atoms with Gasteiger partial charge in [-0.3, -0.25) is 9.59 Å². The number of nitrogens with one attached hydrogen (secondary N) is 2. The zero-order chi connectivity index (χ0) is 24.7. The Bertz CT molecular complexity index is 1150. The maximum Gasteiger partial charge on any atom is 0.253 e. The van der Waals surface area contributed by atoms with Gasteiger partial charge >= 0.3 is 0 Å². The minimum absolute atomic E-state index is 0.117. The lowest BCUT2D eigenvalue weighted by molar-refractivity contribution is -0.113. The van der Waals surface area contributed by atoms with Gasteiger partial charge in [-0.25, -0.2) is 0 Å². The van der Waals surface area contributed by atoms with Gasteiger partial charge in [0.1, 0.15) is 0 Å². The van der Waals surface area contributed by atoms with Crippen molar-refractivity contribution >= 4 is 40.9 Å². The normalized spacial score (nSPS) is 11.9. The van der Waals surface area contributed by atoms with Gasteiger partial charge < -0.3 is 15.2 Å². The van der Waals surface area contributed by atoms with Crippen molar-refractivity contribution in [2.45, 2.75) is 51.9 Å². The number of halogens is 1. The van der Waals surface area contributed by atoms with Gasteiger partial charge in [0, 0.05) is 12.2 Å². The molecular weight excluding hydrogens is 470 g/mol. The standard InChI is InChI=1S/C25H30ClN5O2S/c1-5-31-23(21(13-16(2)3)28-24(33)19-11-6-7-12-20(19)26)29-30-25(31)34-15-22(32)27-18-10-8-9-17(4)14-18/h6-12,14,16,21H,5,13,15H2,1-4H3,(H,27,32)(H,28,33)/t21-/m1/s1. The average Bonchev–Trinajstić information content (AvgIpc) is 3.20. The van der Waals surface area contributed by atoms with Crippen molar-refractivity contribution in [3.63, 3.8) is 0 Å². The van der Waals surface area contributed by atoms with Crippen LogP contribution in [0.4, 0.5) is 5.69 Å². The van der Waals surface area contributed by atoms with Crippen LogP contribution in [0.25, 0.3) is 0 Å². The van der Waals surface area contributed by atoms with Crippen LogP contribution in [0.15, 0.2) is 53.7 Å². The first-order valence-corrected chi connectivity index (χ1v) is 12.6. The minimum atomic E-state index is -0.341. The quantitative estimate of drug-likeness (QED) is 0.359. The zero-order valence-corrected chi connectivity index (χ0v) is 21.4. The molecule has 2 aromatic carbocycles. The molecule has 0 bridgehead atoms. The molecule has 7 nitrogen and oxygen atoms in total. The Morgan fingerprint density at radius 3 is 2.56 bits per heavy atom. The van der Waals surface area contributed by atoms with Crippen LogP contribution in [0, 0.1) is 12.8 Å². The smallest absolute Gasteiger partial charge is 0.253 e. The van der Waals surface area contributed by atoms with E-state index >= 15 is 0 Å². The molecule has 0 spiro atoms. The van der Waals surface area contributed by atoms with E-state index in [9.17, 15) is 9.59 Å². The van der Waals surface area contributed by atoms with Gasteiger partial charge in [-0.1, -0.05) is 61.5 Å². The Morgan fingerprint density at radius 1 is 1.12 bits per heavy atom. The summed E-state index contributed by atoms with van der Waals surface area (Å²) in [4.78, 5) is 25.4. The van der Waals surface area contributed by atoms with E-state index in [2.05, 4.69) is 34.7 Å². The molecule has 0 aliphatic rings. The summed E-state index contributed by atoms with van der Waals surface area (Å²) in [7, 11) is 0. The van der Waals surface area contributed by atoms with Gasteiger partial charge in [0.2, 0.25) is 5.91 Å². The highest BCUT2D eigenvalue weighted by Crippen LogP contribution is 2.26. The second-order valence-corrected chi connectivity index (χ2v) is 9.78. The summed E-state index contributed by atoms with van der Waals surface area (Å²) in [5.41, 5.74) is 2.27. The van der Waals surface area contributed by atoms with E-state index in [1.54, 1.807) is 24.3 Å². The highest BCUT2D eigenvalue weighted by molar-refractivity contribution is 7.99. The number of aryl methyl sites for hydroxylation is 1. The van der Waals surface area contributed by atoms with E-state index in [0.29, 0.717) is 40.5 Å². The van der Waals surface area contributed by atoms with Crippen molar-refractivity contribution < 1.29 is 9.59 Å². The number of nitrogens with zero attached hydrogens (tertiary/aromatic N) is 3. The molecule has 0 saturated carbocycles. The van der Waals surface area contributed by atoms with E-state index < -0.39 is 0 Å². The summed E-state index contributed by atoms with van der Waals surface area (Å²) >= 11 is 7.54. The molecule has 0 aliphatic carbocycles. The third-order valence-electron chi connectivity index (χ3n) is 5.14. The number of rotatable bonds is 10. The minimum Gasteiger partial charge on any atom is -0.342 e. The first-order valence-electron chi connectivity index (χ1n) is 11.3. The first-order chi connectivity index (χ1) is 16.3. The molecule has 0 aliphatic heterocycles. The fraction of sp³-hybridized carbons (Fsp3) is 0.360. The third-order valence-corrected chi connectivity index (χ3v) is 6.43. The largest absolute Gasteiger partial charge is 0.342 e. The number of benzene rings is 2. The second kappa shape index (κ2) is 12.0. The molecule has 0 saturated heterocycles. The molecule has 1 heterocycles. The molecule has 1 atom stereocenters. The number of carbonyl (C=O) groups is 2. The lowest BCUT2D eigenvalue weighted by Gasteiger charge is -2.21. The molecule has 180 valence electrons. The molecular formula is C25H30ClN5O2S. The van der Waals surface area contributed by atoms with Gasteiger partial charge in [-0.15, -0.1) is 10.2 Å². The monoisotopic (exact) mass is 499 g/mol. The highest BCUT2D eigenvalue weighted by Gasteiger charge is 2.25. The molecule has 34 heavy (non-hydrogen) atoms. The van der Waals surface area contributed by atoms with Crippen molar-refractivity contribution in [1.82, 2.24) is 20.1 Å². The van der Waals surface area contributed by atoms with Gasteiger partial charge in [0.05, 0.1) is 22.4 Å². The van der Waals surface area contributed by atoms with E-state index in [1.807, 2.05) is 42.7 Å². The van der Waals surface area contributed by atoms with E-state index in [-0.39, 0.29) is 23.6 Å². The Balaban J connectivity index is 1.74. The Labute approximate surface area is 209 Å².